The van der Waals surface area contributed by atoms with Gasteiger partial charge in [0.25, 0.3) is 5.91 Å². The Bertz CT molecular complexity index is 1110. The van der Waals surface area contributed by atoms with Crippen molar-refractivity contribution in [1.82, 2.24) is 10.2 Å². The van der Waals surface area contributed by atoms with Gasteiger partial charge in [-0.25, -0.2) is 0 Å². The van der Waals surface area contributed by atoms with Crippen LogP contribution in [0.15, 0.2) is 72.8 Å². The molecule has 3 aromatic carbocycles. The second-order valence-corrected chi connectivity index (χ2v) is 9.40. The molecule has 2 bridgehead atoms. The van der Waals surface area contributed by atoms with Gasteiger partial charge in [-0.3, -0.25) is 4.79 Å². The third-order valence-corrected chi connectivity index (χ3v) is 7.28. The second kappa shape index (κ2) is 9.90. The number of rotatable bonds is 7. The summed E-state index contributed by atoms with van der Waals surface area (Å²) in [5.41, 5.74) is 3.83. The minimum atomic E-state index is -0.0838. The number of carbonyl (C=O) groups is 1. The summed E-state index contributed by atoms with van der Waals surface area (Å²) >= 11 is 0. The van der Waals surface area contributed by atoms with Crippen LogP contribution in [0.25, 0.3) is 11.1 Å². The second-order valence-electron chi connectivity index (χ2n) is 9.40. The lowest BCUT2D eigenvalue weighted by Crippen LogP contribution is -2.43. The highest BCUT2D eigenvalue weighted by Gasteiger charge is 2.39. The zero-order valence-corrected chi connectivity index (χ0v) is 19.9. The van der Waals surface area contributed by atoms with Crippen LogP contribution < -0.4 is 14.8 Å². The van der Waals surface area contributed by atoms with Gasteiger partial charge < -0.3 is 19.7 Å². The Morgan fingerprint density at radius 3 is 2.21 bits per heavy atom. The maximum absolute atomic E-state index is 12.7. The number of amides is 1. The van der Waals surface area contributed by atoms with Crippen LogP contribution in [0.3, 0.4) is 0 Å². The molecule has 2 heterocycles. The molecule has 2 aliphatic rings. The molecule has 5 rings (SSSR count). The first-order valence-corrected chi connectivity index (χ1v) is 12.1. The van der Waals surface area contributed by atoms with E-state index in [9.17, 15) is 4.79 Å². The Kier molecular flexibility index (Phi) is 6.54. The SMILES string of the molecule is COc1ccc(-c2ccc(C(=O)NCc3cccc(O[C@H]4C[C@H]5CC[C@@H](C4)N5C)c3)cc2)cc1. The van der Waals surface area contributed by atoms with Gasteiger partial charge in [0.2, 0.25) is 0 Å². The smallest absolute Gasteiger partial charge is 0.251 e. The summed E-state index contributed by atoms with van der Waals surface area (Å²) in [6.45, 7) is 0.467. The van der Waals surface area contributed by atoms with E-state index in [-0.39, 0.29) is 12.0 Å². The van der Waals surface area contributed by atoms with Crippen molar-refractivity contribution >= 4 is 5.91 Å². The lowest BCUT2D eigenvalue weighted by Gasteiger charge is -2.36. The Hall–Kier alpha value is -3.31. The van der Waals surface area contributed by atoms with E-state index < -0.39 is 0 Å². The minimum Gasteiger partial charge on any atom is -0.497 e. The normalized spacial score (nSPS) is 21.8. The van der Waals surface area contributed by atoms with Crippen LogP contribution in [0.4, 0.5) is 0 Å². The average Bonchev–Trinajstić information content (AvgIpc) is 3.07. The molecule has 1 amide bonds. The minimum absolute atomic E-state index is 0.0838. The lowest BCUT2D eigenvalue weighted by atomic mass is 10.0. The fourth-order valence-electron chi connectivity index (χ4n) is 5.26. The summed E-state index contributed by atoms with van der Waals surface area (Å²) in [4.78, 5) is 15.2. The number of carbonyl (C=O) groups excluding carboxylic acids is 1. The summed E-state index contributed by atoms with van der Waals surface area (Å²) in [7, 11) is 3.90. The van der Waals surface area contributed by atoms with Gasteiger partial charge >= 0.3 is 0 Å². The number of fused-ring (bicyclic) bond motifs is 2. The molecule has 1 N–H and O–H groups in total. The highest BCUT2D eigenvalue weighted by Crippen LogP contribution is 2.36. The first-order chi connectivity index (χ1) is 16.6. The molecule has 0 radical (unpaired) electrons. The van der Waals surface area contributed by atoms with E-state index in [2.05, 4.69) is 17.3 Å². The molecular weight excluding hydrogens is 424 g/mol. The summed E-state index contributed by atoms with van der Waals surface area (Å²) in [5.74, 6) is 1.64. The van der Waals surface area contributed by atoms with Crippen molar-refractivity contribution < 1.29 is 14.3 Å². The van der Waals surface area contributed by atoms with E-state index in [0.29, 0.717) is 24.2 Å². The van der Waals surface area contributed by atoms with Crippen molar-refractivity contribution in [1.29, 1.82) is 0 Å². The van der Waals surface area contributed by atoms with E-state index in [0.717, 1.165) is 41.0 Å². The van der Waals surface area contributed by atoms with E-state index >= 15 is 0 Å². The van der Waals surface area contributed by atoms with Gasteiger partial charge in [0.05, 0.1) is 7.11 Å². The van der Waals surface area contributed by atoms with Crippen LogP contribution >= 0.6 is 0 Å². The Morgan fingerprint density at radius 1 is 0.912 bits per heavy atom. The monoisotopic (exact) mass is 456 g/mol. The molecule has 0 saturated carbocycles. The van der Waals surface area contributed by atoms with Crippen molar-refractivity contribution in [2.45, 2.75) is 50.4 Å². The number of nitrogens with zero attached hydrogens (tertiary/aromatic N) is 1. The van der Waals surface area contributed by atoms with Crippen LogP contribution in [0.2, 0.25) is 0 Å². The fraction of sp³-hybridized carbons (Fsp3) is 0.345. The fourth-order valence-corrected chi connectivity index (χ4v) is 5.26. The number of hydrogen-bond acceptors (Lipinski definition) is 4. The molecule has 2 saturated heterocycles. The molecule has 34 heavy (non-hydrogen) atoms. The van der Waals surface area contributed by atoms with Crippen molar-refractivity contribution in [3.8, 4) is 22.6 Å². The van der Waals surface area contributed by atoms with Crippen LogP contribution in [-0.4, -0.2) is 43.2 Å². The molecule has 0 spiro atoms. The predicted molar refractivity (Wildman–Crippen MR) is 134 cm³/mol. The number of hydrogen-bond donors (Lipinski definition) is 1. The van der Waals surface area contributed by atoms with E-state index in [1.807, 2.05) is 72.8 Å². The molecule has 5 nitrogen and oxygen atoms in total. The summed E-state index contributed by atoms with van der Waals surface area (Å²) in [6.07, 6.45) is 5.05. The Morgan fingerprint density at radius 2 is 1.56 bits per heavy atom. The standard InChI is InChI=1S/C29H32N2O3/c1-31-24-12-13-25(31)18-28(17-24)34-27-5-3-4-20(16-27)19-30-29(32)23-8-6-21(7-9-23)22-10-14-26(33-2)15-11-22/h3-11,14-16,24-25,28H,12-13,17-19H2,1-2H3,(H,30,32)/t24-,25+,28+. The van der Waals surface area contributed by atoms with Gasteiger partial charge in [0.15, 0.2) is 0 Å². The zero-order valence-electron chi connectivity index (χ0n) is 19.9. The highest BCUT2D eigenvalue weighted by atomic mass is 16.5. The maximum atomic E-state index is 12.7. The summed E-state index contributed by atoms with van der Waals surface area (Å²) in [6, 6.07) is 25.0. The molecule has 0 aromatic heterocycles. The molecule has 5 heteroatoms. The quantitative estimate of drug-likeness (QED) is 0.524. The Labute approximate surface area is 201 Å². The third-order valence-electron chi connectivity index (χ3n) is 7.28. The van der Waals surface area contributed by atoms with Gasteiger partial charge in [0.1, 0.15) is 17.6 Å². The molecule has 176 valence electrons. The third kappa shape index (κ3) is 4.95. The molecule has 0 unspecified atom stereocenters. The van der Waals surface area contributed by atoms with Crippen molar-refractivity contribution in [2.24, 2.45) is 0 Å². The van der Waals surface area contributed by atoms with E-state index in [4.69, 9.17) is 9.47 Å². The summed E-state index contributed by atoms with van der Waals surface area (Å²) in [5, 5.41) is 3.03. The topological polar surface area (TPSA) is 50.8 Å². The van der Waals surface area contributed by atoms with Gasteiger partial charge in [-0.1, -0.05) is 36.4 Å². The molecule has 2 aliphatic heterocycles. The van der Waals surface area contributed by atoms with Crippen molar-refractivity contribution in [2.75, 3.05) is 14.2 Å². The van der Waals surface area contributed by atoms with Gasteiger partial charge in [0, 0.05) is 24.2 Å². The van der Waals surface area contributed by atoms with Gasteiger partial charge in [-0.05, 0) is 85.8 Å². The molecule has 2 fully saturated rings. The number of benzene rings is 3. The van der Waals surface area contributed by atoms with Gasteiger partial charge in [-0.2, -0.15) is 0 Å². The first kappa shape index (κ1) is 22.5. The predicted octanol–water partition coefficient (Wildman–Crippen LogP) is 5.30. The van der Waals surface area contributed by atoms with Crippen LogP contribution in [-0.2, 0) is 6.54 Å². The average molecular weight is 457 g/mol. The van der Waals surface area contributed by atoms with Gasteiger partial charge in [-0.15, -0.1) is 0 Å². The first-order valence-electron chi connectivity index (χ1n) is 12.1. The summed E-state index contributed by atoms with van der Waals surface area (Å²) < 4.78 is 11.6. The lowest BCUT2D eigenvalue weighted by molar-refractivity contribution is 0.0661. The number of nitrogens with one attached hydrogen (secondary N) is 1. The molecule has 0 aliphatic carbocycles. The number of piperidine rings is 1. The van der Waals surface area contributed by atoms with E-state index in [1.165, 1.54) is 12.8 Å². The molecule has 3 aromatic rings. The van der Waals surface area contributed by atoms with E-state index in [1.54, 1.807) is 7.11 Å². The van der Waals surface area contributed by atoms with Crippen LogP contribution in [0, 0.1) is 0 Å². The number of methoxy groups -OCH3 is 1. The maximum Gasteiger partial charge on any atom is 0.251 e. The number of ether oxygens (including phenoxy) is 2. The van der Waals surface area contributed by atoms with Crippen LogP contribution in [0.1, 0.15) is 41.6 Å². The largest absolute Gasteiger partial charge is 0.497 e. The van der Waals surface area contributed by atoms with Crippen LogP contribution in [0.5, 0.6) is 11.5 Å². The molecular formula is C29H32N2O3. The Balaban J connectivity index is 1.16. The van der Waals surface area contributed by atoms with Crippen molar-refractivity contribution in [3.05, 3.63) is 83.9 Å². The molecule has 3 atom stereocenters. The highest BCUT2D eigenvalue weighted by molar-refractivity contribution is 5.94. The van der Waals surface area contributed by atoms with Crippen molar-refractivity contribution in [3.63, 3.8) is 0 Å². The zero-order chi connectivity index (χ0) is 23.5.